The minimum absolute atomic E-state index is 0.107. The third kappa shape index (κ3) is 5.01. The Balaban J connectivity index is 1.08. The van der Waals surface area contributed by atoms with Crippen LogP contribution in [0, 0.1) is 6.92 Å². The van der Waals surface area contributed by atoms with Crippen LogP contribution in [0.3, 0.4) is 0 Å². The standard InChI is InChI=1S/C34H37N5O5/c1-19-6-9-29(24-5-3-4-23(19)24)44-18-22(40)8-7-20-10-13-35-32(41)30(20)31-36-27-16-25-26(17-28(27)37-31)34(43)39(33(25)42)21-11-14-38(2)15-12-21/h6,9-10,13,16-17,21-22,40H,3-5,7-8,11-12,14-15,18H2,1-2H3,(H,35,41)(H,36,37)/t22-/m1/s1. The number of hydrogen-bond donors (Lipinski definition) is 3. The van der Waals surface area contributed by atoms with Gasteiger partial charge >= 0.3 is 0 Å². The zero-order chi connectivity index (χ0) is 30.5. The number of aromatic amines is 2. The number of likely N-dealkylation sites (tertiary alicyclic amines) is 1. The lowest BCUT2D eigenvalue weighted by atomic mass is 10.0. The quantitative estimate of drug-likeness (QED) is 0.264. The highest BCUT2D eigenvalue weighted by molar-refractivity contribution is 6.23. The Labute approximate surface area is 255 Å². The van der Waals surface area contributed by atoms with Crippen molar-refractivity contribution >= 4 is 22.8 Å². The third-order valence-corrected chi connectivity index (χ3v) is 9.51. The Morgan fingerprint density at radius 3 is 2.59 bits per heavy atom. The van der Waals surface area contributed by atoms with E-state index in [0.717, 1.165) is 56.5 Å². The minimum Gasteiger partial charge on any atom is -0.491 e. The second kappa shape index (κ2) is 11.3. The minimum atomic E-state index is -0.719. The van der Waals surface area contributed by atoms with E-state index in [0.29, 0.717) is 46.4 Å². The molecule has 4 aromatic rings. The largest absolute Gasteiger partial charge is 0.491 e. The zero-order valence-electron chi connectivity index (χ0n) is 25.1. The molecule has 0 unspecified atom stereocenters. The summed E-state index contributed by atoms with van der Waals surface area (Å²) in [5.41, 5.74) is 6.51. The van der Waals surface area contributed by atoms with Crippen LogP contribution in [0.4, 0.5) is 0 Å². The van der Waals surface area contributed by atoms with Gasteiger partial charge in [0.05, 0.1) is 33.8 Å². The van der Waals surface area contributed by atoms with Crippen molar-refractivity contribution in [3.63, 3.8) is 0 Å². The molecule has 10 nitrogen and oxygen atoms in total. The number of benzene rings is 2. The first-order valence-corrected chi connectivity index (χ1v) is 15.5. The van der Waals surface area contributed by atoms with Crippen molar-refractivity contribution in [3.8, 4) is 17.1 Å². The fraction of sp³-hybridized carbons (Fsp3) is 0.412. The van der Waals surface area contributed by atoms with Crippen LogP contribution in [0.5, 0.6) is 5.75 Å². The second-order valence-corrected chi connectivity index (χ2v) is 12.4. The van der Waals surface area contributed by atoms with E-state index in [-0.39, 0.29) is 30.0 Å². The summed E-state index contributed by atoms with van der Waals surface area (Å²) in [4.78, 5) is 54.0. The van der Waals surface area contributed by atoms with Crippen molar-refractivity contribution in [2.24, 2.45) is 0 Å². The number of hydrogen-bond acceptors (Lipinski definition) is 7. The van der Waals surface area contributed by atoms with E-state index >= 15 is 0 Å². The van der Waals surface area contributed by atoms with Crippen molar-refractivity contribution < 1.29 is 19.4 Å². The highest BCUT2D eigenvalue weighted by Crippen LogP contribution is 2.34. The molecule has 1 fully saturated rings. The van der Waals surface area contributed by atoms with E-state index in [4.69, 9.17) is 4.74 Å². The third-order valence-electron chi connectivity index (χ3n) is 9.51. The summed E-state index contributed by atoms with van der Waals surface area (Å²) in [5, 5.41) is 10.8. The van der Waals surface area contributed by atoms with E-state index in [1.54, 1.807) is 18.3 Å². The molecule has 228 valence electrons. The van der Waals surface area contributed by atoms with Gasteiger partial charge < -0.3 is 24.7 Å². The molecule has 0 spiro atoms. The highest BCUT2D eigenvalue weighted by Gasteiger charge is 2.41. The van der Waals surface area contributed by atoms with Crippen molar-refractivity contribution in [2.75, 3.05) is 26.7 Å². The van der Waals surface area contributed by atoms with Gasteiger partial charge in [0.2, 0.25) is 0 Å². The summed E-state index contributed by atoms with van der Waals surface area (Å²) in [6.07, 6.45) is 6.42. The fourth-order valence-corrected chi connectivity index (χ4v) is 7.03. The molecule has 3 aliphatic rings. The highest BCUT2D eigenvalue weighted by atomic mass is 16.5. The topological polar surface area (TPSA) is 132 Å². The van der Waals surface area contributed by atoms with Crippen molar-refractivity contribution in [1.29, 1.82) is 0 Å². The number of imidazole rings is 1. The number of aryl methyl sites for hydroxylation is 2. The number of aromatic nitrogens is 3. The Morgan fingerprint density at radius 1 is 1.05 bits per heavy atom. The molecule has 4 heterocycles. The van der Waals surface area contributed by atoms with Gasteiger partial charge in [-0.05, 0) is 119 Å². The summed E-state index contributed by atoms with van der Waals surface area (Å²) in [5.74, 6) is 0.645. The first kappa shape index (κ1) is 28.5. The maximum atomic E-state index is 13.3. The molecule has 2 amide bonds. The van der Waals surface area contributed by atoms with E-state index in [1.165, 1.54) is 21.6 Å². The zero-order valence-corrected chi connectivity index (χ0v) is 25.1. The van der Waals surface area contributed by atoms with Crippen molar-refractivity contribution in [2.45, 2.75) is 64.0 Å². The lowest BCUT2D eigenvalue weighted by Crippen LogP contribution is -2.46. The Kier molecular flexibility index (Phi) is 7.34. The SMILES string of the molecule is Cc1ccc(OC[C@H](O)CCc2cc[nH]c(=O)c2-c2nc3cc4c(cc3[nH]2)C(=O)N(C2CCN(C)CC2)C4=O)c2c1CCC2. The van der Waals surface area contributed by atoms with Crippen LogP contribution < -0.4 is 10.3 Å². The first-order valence-electron chi connectivity index (χ1n) is 15.5. The molecule has 7 rings (SSSR count). The van der Waals surface area contributed by atoms with Crippen molar-refractivity contribution in [3.05, 3.63) is 80.3 Å². The molecule has 0 radical (unpaired) electrons. The molecule has 1 saturated heterocycles. The molecule has 0 saturated carbocycles. The number of carbonyl (C=O) groups excluding carboxylic acids is 2. The molecular formula is C34H37N5O5. The molecule has 44 heavy (non-hydrogen) atoms. The number of imide groups is 1. The number of rotatable bonds is 8. The van der Waals surface area contributed by atoms with E-state index < -0.39 is 6.10 Å². The van der Waals surface area contributed by atoms with Gasteiger partial charge in [0.25, 0.3) is 17.4 Å². The normalized spacial score (nSPS) is 17.8. The van der Waals surface area contributed by atoms with Gasteiger partial charge in [-0.15, -0.1) is 0 Å². The Morgan fingerprint density at radius 2 is 1.80 bits per heavy atom. The maximum absolute atomic E-state index is 13.3. The number of nitrogens with zero attached hydrogens (tertiary/aromatic N) is 3. The lowest BCUT2D eigenvalue weighted by molar-refractivity contribution is 0.0516. The first-order chi connectivity index (χ1) is 21.3. The second-order valence-electron chi connectivity index (χ2n) is 12.4. The number of aliphatic hydroxyl groups is 1. The number of ether oxygens (including phenoxy) is 1. The van der Waals surface area contributed by atoms with Crippen LogP contribution in [-0.2, 0) is 19.3 Å². The van der Waals surface area contributed by atoms with Gasteiger partial charge in [0.1, 0.15) is 18.2 Å². The van der Waals surface area contributed by atoms with Crippen LogP contribution in [-0.4, -0.2) is 80.6 Å². The Hall–Kier alpha value is -4.28. The number of nitrogens with one attached hydrogen (secondary N) is 2. The number of pyridine rings is 1. The summed E-state index contributed by atoms with van der Waals surface area (Å²) in [7, 11) is 2.04. The number of H-pyrrole nitrogens is 2. The summed E-state index contributed by atoms with van der Waals surface area (Å²) < 4.78 is 6.04. The molecule has 1 atom stereocenters. The average molecular weight is 596 g/mol. The average Bonchev–Trinajstić information content (AvgIpc) is 3.73. The Bertz CT molecular complexity index is 1780. The number of carbonyl (C=O) groups is 2. The van der Waals surface area contributed by atoms with Crippen LogP contribution in [0.25, 0.3) is 22.4 Å². The van der Waals surface area contributed by atoms with Crippen molar-refractivity contribution in [1.82, 2.24) is 24.8 Å². The van der Waals surface area contributed by atoms with Crippen LogP contribution in [0.1, 0.15) is 68.7 Å². The summed E-state index contributed by atoms with van der Waals surface area (Å²) in [6, 6.07) is 9.11. The van der Waals surface area contributed by atoms with Gasteiger partial charge in [-0.2, -0.15) is 0 Å². The predicted octanol–water partition coefficient (Wildman–Crippen LogP) is 3.78. The van der Waals surface area contributed by atoms with E-state index in [2.05, 4.69) is 32.8 Å². The number of amides is 2. The molecule has 1 aliphatic carbocycles. The molecule has 2 aliphatic heterocycles. The smallest absolute Gasteiger partial charge is 0.261 e. The van der Waals surface area contributed by atoms with Gasteiger partial charge in [-0.3, -0.25) is 19.3 Å². The molecule has 2 aromatic heterocycles. The van der Waals surface area contributed by atoms with Gasteiger partial charge in [0, 0.05) is 12.2 Å². The fourth-order valence-electron chi connectivity index (χ4n) is 7.03. The molecular weight excluding hydrogens is 558 g/mol. The van der Waals surface area contributed by atoms with Gasteiger partial charge in [0.15, 0.2) is 0 Å². The summed E-state index contributed by atoms with van der Waals surface area (Å²) in [6.45, 7) is 3.98. The number of aliphatic hydroxyl groups excluding tert-OH is 1. The predicted molar refractivity (Wildman–Crippen MR) is 166 cm³/mol. The van der Waals surface area contributed by atoms with Crippen LogP contribution in [0.2, 0.25) is 0 Å². The molecule has 0 bridgehead atoms. The number of piperidine rings is 1. The van der Waals surface area contributed by atoms with E-state index in [9.17, 15) is 19.5 Å². The van der Waals surface area contributed by atoms with Crippen LogP contribution in [0.15, 0.2) is 41.3 Å². The molecule has 2 aromatic carbocycles. The molecule has 10 heteroatoms. The monoisotopic (exact) mass is 595 g/mol. The number of fused-ring (bicyclic) bond motifs is 3. The van der Waals surface area contributed by atoms with Gasteiger partial charge in [-0.25, -0.2) is 4.98 Å². The summed E-state index contributed by atoms with van der Waals surface area (Å²) >= 11 is 0. The maximum Gasteiger partial charge on any atom is 0.261 e. The van der Waals surface area contributed by atoms with E-state index in [1.807, 2.05) is 19.2 Å². The van der Waals surface area contributed by atoms with Crippen LogP contribution >= 0.6 is 0 Å². The lowest BCUT2D eigenvalue weighted by Gasteiger charge is -2.33. The van der Waals surface area contributed by atoms with Gasteiger partial charge in [-0.1, -0.05) is 6.07 Å². The molecule has 3 N–H and O–H groups in total.